The third-order valence-electron chi connectivity index (χ3n) is 7.81. The summed E-state index contributed by atoms with van der Waals surface area (Å²) in [6.45, 7) is 12.1. The number of nitrogens with two attached hydrogens (primary N) is 1. The predicted molar refractivity (Wildman–Crippen MR) is 178 cm³/mol. The fourth-order valence-electron chi connectivity index (χ4n) is 5.67. The standard InChI is InChI=1S/C35H46N6O5/c1-24(2)40(33(44)37-18-17-30(36)42)23-28-22-38(34(45)46-35(4,5)6)19-20-39(28)32(43)29-21-25(3)41(27-15-11-8-12-16-27)31(29)26-13-9-7-10-14-26/h7-16,21,24,28H,17-20,22-23H2,1-6H3,(H2,36,42)(H,37,44)/t28-/m0/s1. The Morgan fingerprint density at radius 3 is 2.22 bits per heavy atom. The highest BCUT2D eigenvalue weighted by atomic mass is 16.6. The van der Waals surface area contributed by atoms with E-state index in [1.807, 2.05) is 108 Å². The summed E-state index contributed by atoms with van der Waals surface area (Å²) in [4.78, 5) is 57.4. The van der Waals surface area contributed by atoms with Crippen molar-refractivity contribution in [3.8, 4) is 16.9 Å². The van der Waals surface area contributed by atoms with Crippen LogP contribution in [0.15, 0.2) is 66.7 Å². The van der Waals surface area contributed by atoms with Gasteiger partial charge in [0.2, 0.25) is 5.91 Å². The smallest absolute Gasteiger partial charge is 0.410 e. The average Bonchev–Trinajstić information content (AvgIpc) is 3.35. The number of rotatable bonds is 9. The largest absolute Gasteiger partial charge is 0.444 e. The Morgan fingerprint density at radius 1 is 1.00 bits per heavy atom. The van der Waals surface area contributed by atoms with Crippen molar-refractivity contribution in [2.45, 2.75) is 65.6 Å². The molecule has 1 atom stereocenters. The van der Waals surface area contributed by atoms with E-state index >= 15 is 0 Å². The molecule has 11 nitrogen and oxygen atoms in total. The SMILES string of the molecule is Cc1cc(C(=O)N2CCN(C(=O)OC(C)(C)C)C[C@H]2CN(C(=O)NCCC(N)=O)C(C)C)c(-c2ccccc2)n1-c1ccccc1. The molecule has 0 spiro atoms. The maximum atomic E-state index is 14.7. The van der Waals surface area contributed by atoms with Gasteiger partial charge < -0.3 is 35.1 Å². The number of para-hydroxylation sites is 1. The van der Waals surface area contributed by atoms with E-state index in [0.717, 1.165) is 22.6 Å². The molecule has 3 aromatic rings. The minimum absolute atomic E-state index is 0.0121. The highest BCUT2D eigenvalue weighted by Gasteiger charge is 2.38. The number of aryl methyl sites for hydroxylation is 1. The van der Waals surface area contributed by atoms with E-state index in [9.17, 15) is 19.2 Å². The summed E-state index contributed by atoms with van der Waals surface area (Å²) >= 11 is 0. The quantitative estimate of drug-likeness (QED) is 0.351. The third-order valence-corrected chi connectivity index (χ3v) is 7.81. The lowest BCUT2D eigenvalue weighted by Gasteiger charge is -2.44. The number of nitrogens with zero attached hydrogens (tertiary/aromatic N) is 4. The Labute approximate surface area is 271 Å². The molecule has 4 rings (SSSR count). The van der Waals surface area contributed by atoms with Crippen LogP contribution in [-0.2, 0) is 9.53 Å². The van der Waals surface area contributed by atoms with Crippen molar-refractivity contribution in [2.24, 2.45) is 5.73 Å². The van der Waals surface area contributed by atoms with Crippen LogP contribution in [0.25, 0.3) is 16.9 Å². The van der Waals surface area contributed by atoms with Gasteiger partial charge in [0, 0.05) is 56.6 Å². The van der Waals surface area contributed by atoms with E-state index < -0.39 is 23.6 Å². The number of ether oxygens (including phenoxy) is 1. The molecule has 1 fully saturated rings. The molecule has 0 radical (unpaired) electrons. The zero-order valence-electron chi connectivity index (χ0n) is 27.7. The molecule has 0 aliphatic carbocycles. The van der Waals surface area contributed by atoms with Crippen LogP contribution in [0, 0.1) is 6.92 Å². The Morgan fingerprint density at radius 2 is 1.63 bits per heavy atom. The number of amides is 5. The lowest BCUT2D eigenvalue weighted by atomic mass is 10.0. The van der Waals surface area contributed by atoms with Crippen molar-refractivity contribution in [3.63, 3.8) is 0 Å². The van der Waals surface area contributed by atoms with E-state index in [-0.39, 0.29) is 57.1 Å². The summed E-state index contributed by atoms with van der Waals surface area (Å²) in [6.07, 6.45) is -0.458. The molecule has 0 bridgehead atoms. The van der Waals surface area contributed by atoms with Gasteiger partial charge in [0.15, 0.2) is 0 Å². The Balaban J connectivity index is 1.73. The van der Waals surface area contributed by atoms with Gasteiger partial charge in [-0.05, 0) is 65.3 Å². The summed E-state index contributed by atoms with van der Waals surface area (Å²) < 4.78 is 7.75. The molecule has 2 aromatic carbocycles. The number of primary amides is 1. The van der Waals surface area contributed by atoms with E-state index in [1.165, 1.54) is 0 Å². The van der Waals surface area contributed by atoms with E-state index in [2.05, 4.69) is 9.88 Å². The molecular weight excluding hydrogens is 584 g/mol. The van der Waals surface area contributed by atoms with Crippen molar-refractivity contribution in [1.82, 2.24) is 24.6 Å². The van der Waals surface area contributed by atoms with Crippen molar-refractivity contribution in [3.05, 3.63) is 78.0 Å². The van der Waals surface area contributed by atoms with Crippen molar-refractivity contribution in [2.75, 3.05) is 32.7 Å². The van der Waals surface area contributed by atoms with Gasteiger partial charge in [-0.1, -0.05) is 48.5 Å². The molecule has 3 N–H and O–H groups in total. The van der Waals surface area contributed by atoms with Crippen molar-refractivity contribution in [1.29, 1.82) is 0 Å². The Hall–Kier alpha value is -4.80. The topological polar surface area (TPSA) is 130 Å². The minimum atomic E-state index is -0.688. The highest BCUT2D eigenvalue weighted by molar-refractivity contribution is 6.01. The summed E-state index contributed by atoms with van der Waals surface area (Å²) in [5.41, 5.74) is 8.60. The average molecular weight is 631 g/mol. The molecule has 1 saturated heterocycles. The molecule has 0 saturated carbocycles. The molecule has 46 heavy (non-hydrogen) atoms. The number of nitrogens with one attached hydrogen (secondary N) is 1. The minimum Gasteiger partial charge on any atom is -0.444 e. The van der Waals surface area contributed by atoms with Gasteiger partial charge in [0.25, 0.3) is 5.91 Å². The molecular formula is C35H46N6O5. The second kappa shape index (κ2) is 14.5. The normalized spacial score (nSPS) is 15.1. The number of benzene rings is 2. The van der Waals surface area contributed by atoms with Crippen LogP contribution in [0.2, 0.25) is 0 Å². The van der Waals surface area contributed by atoms with Gasteiger partial charge in [-0.25, -0.2) is 9.59 Å². The highest BCUT2D eigenvalue weighted by Crippen LogP contribution is 2.33. The van der Waals surface area contributed by atoms with Crippen LogP contribution in [0.5, 0.6) is 0 Å². The fourth-order valence-corrected chi connectivity index (χ4v) is 5.67. The van der Waals surface area contributed by atoms with Crippen LogP contribution in [-0.4, -0.2) is 93.6 Å². The summed E-state index contributed by atoms with van der Waals surface area (Å²) in [5, 5.41) is 2.76. The second-order valence-electron chi connectivity index (χ2n) is 12.9. The van der Waals surface area contributed by atoms with Gasteiger partial charge in [-0.3, -0.25) is 9.59 Å². The molecule has 1 aliphatic rings. The Kier molecular flexibility index (Phi) is 10.8. The second-order valence-corrected chi connectivity index (χ2v) is 12.9. The molecule has 5 amide bonds. The number of urea groups is 1. The first-order valence-corrected chi connectivity index (χ1v) is 15.7. The fraction of sp³-hybridized carbons (Fsp3) is 0.429. The molecule has 0 unspecified atom stereocenters. The molecule has 1 aromatic heterocycles. The zero-order valence-corrected chi connectivity index (χ0v) is 27.7. The van der Waals surface area contributed by atoms with Crippen LogP contribution >= 0.6 is 0 Å². The first kappa shape index (κ1) is 34.1. The molecule has 246 valence electrons. The van der Waals surface area contributed by atoms with Gasteiger partial charge in [0.1, 0.15) is 5.60 Å². The number of hydrogen-bond donors (Lipinski definition) is 2. The number of carbonyl (C=O) groups is 4. The van der Waals surface area contributed by atoms with Crippen LogP contribution < -0.4 is 11.1 Å². The van der Waals surface area contributed by atoms with E-state index in [0.29, 0.717) is 5.56 Å². The lowest BCUT2D eigenvalue weighted by molar-refractivity contribution is -0.117. The first-order valence-electron chi connectivity index (χ1n) is 15.7. The van der Waals surface area contributed by atoms with E-state index in [4.69, 9.17) is 10.5 Å². The predicted octanol–water partition coefficient (Wildman–Crippen LogP) is 4.81. The van der Waals surface area contributed by atoms with Crippen molar-refractivity contribution >= 4 is 23.9 Å². The van der Waals surface area contributed by atoms with Gasteiger partial charge in [-0.15, -0.1) is 0 Å². The molecule has 11 heteroatoms. The lowest BCUT2D eigenvalue weighted by Crippen LogP contribution is -2.62. The molecule has 2 heterocycles. The van der Waals surface area contributed by atoms with Crippen LogP contribution in [0.1, 0.15) is 57.1 Å². The van der Waals surface area contributed by atoms with Gasteiger partial charge >= 0.3 is 12.1 Å². The van der Waals surface area contributed by atoms with Crippen LogP contribution in [0.4, 0.5) is 9.59 Å². The maximum Gasteiger partial charge on any atom is 0.410 e. The third kappa shape index (κ3) is 8.26. The number of aromatic nitrogens is 1. The Bertz CT molecular complexity index is 1530. The van der Waals surface area contributed by atoms with Gasteiger partial charge in [-0.2, -0.15) is 0 Å². The maximum absolute atomic E-state index is 14.7. The number of piperazine rings is 1. The monoisotopic (exact) mass is 630 g/mol. The van der Waals surface area contributed by atoms with Crippen molar-refractivity contribution < 1.29 is 23.9 Å². The van der Waals surface area contributed by atoms with Crippen LogP contribution in [0.3, 0.4) is 0 Å². The summed E-state index contributed by atoms with van der Waals surface area (Å²) in [5.74, 6) is -0.705. The van der Waals surface area contributed by atoms with E-state index in [1.54, 1.807) is 14.7 Å². The first-order chi connectivity index (χ1) is 21.8. The molecule has 1 aliphatic heterocycles. The van der Waals surface area contributed by atoms with Gasteiger partial charge in [0.05, 0.1) is 17.3 Å². The number of hydrogen-bond acceptors (Lipinski definition) is 5. The zero-order chi connectivity index (χ0) is 33.6. The summed E-state index contributed by atoms with van der Waals surface area (Å²) in [6, 6.07) is 20.5. The summed E-state index contributed by atoms with van der Waals surface area (Å²) in [7, 11) is 0. The number of carbonyl (C=O) groups excluding carboxylic acids is 4.